The van der Waals surface area contributed by atoms with E-state index in [-0.39, 0.29) is 24.3 Å². The Bertz CT molecular complexity index is 1210. The van der Waals surface area contributed by atoms with E-state index in [0.717, 1.165) is 22.5 Å². The summed E-state index contributed by atoms with van der Waals surface area (Å²) in [6, 6.07) is 18.5. The number of ether oxygens (including phenoxy) is 2. The van der Waals surface area contributed by atoms with Crippen molar-refractivity contribution < 1.29 is 19.1 Å². The van der Waals surface area contributed by atoms with Crippen LogP contribution in [0, 0.1) is 12.8 Å². The van der Waals surface area contributed by atoms with Gasteiger partial charge in [0, 0.05) is 41.1 Å². The zero-order chi connectivity index (χ0) is 26.8. The van der Waals surface area contributed by atoms with Crippen molar-refractivity contribution in [1.82, 2.24) is 0 Å². The first-order valence-corrected chi connectivity index (χ1v) is 12.7. The molecule has 3 N–H and O–H groups in total. The molecule has 0 spiro atoms. The number of carbonyl (C=O) groups is 2. The van der Waals surface area contributed by atoms with Gasteiger partial charge in [0.15, 0.2) is 18.1 Å². The average Bonchev–Trinajstić information content (AvgIpc) is 2.84. The Morgan fingerprint density at radius 3 is 2.24 bits per heavy atom. The second-order valence-corrected chi connectivity index (χ2v) is 9.51. The fourth-order valence-electron chi connectivity index (χ4n) is 3.56. The molecule has 2 amide bonds. The largest absolute Gasteiger partial charge is 0.490 e. The maximum absolute atomic E-state index is 12.4. The zero-order valence-electron chi connectivity index (χ0n) is 21.7. The lowest BCUT2D eigenvalue weighted by molar-refractivity contribution is -0.118. The van der Waals surface area contributed by atoms with E-state index in [2.05, 4.69) is 16.0 Å². The third kappa shape index (κ3) is 9.03. The van der Waals surface area contributed by atoms with Gasteiger partial charge in [-0.05, 0) is 61.7 Å². The molecule has 0 unspecified atom stereocenters. The zero-order valence-corrected chi connectivity index (χ0v) is 22.4. The minimum absolute atomic E-state index is 0.0142. The molecule has 0 fully saturated rings. The molecule has 8 heteroatoms. The first kappa shape index (κ1) is 27.9. The molecule has 0 aliphatic rings. The Hall–Kier alpha value is -3.71. The predicted molar refractivity (Wildman–Crippen MR) is 150 cm³/mol. The van der Waals surface area contributed by atoms with Crippen LogP contribution in [0.15, 0.2) is 60.7 Å². The van der Waals surface area contributed by atoms with Gasteiger partial charge < -0.3 is 25.4 Å². The van der Waals surface area contributed by atoms with Crippen LogP contribution >= 0.6 is 11.6 Å². The Kier molecular flexibility index (Phi) is 10.2. The molecule has 0 aliphatic carbocycles. The van der Waals surface area contributed by atoms with Crippen molar-refractivity contribution in [3.8, 4) is 11.5 Å². The number of hydrogen-bond acceptors (Lipinski definition) is 5. The second kappa shape index (κ2) is 13.6. The Morgan fingerprint density at radius 1 is 0.865 bits per heavy atom. The van der Waals surface area contributed by atoms with E-state index in [1.165, 1.54) is 0 Å². The summed E-state index contributed by atoms with van der Waals surface area (Å²) in [5, 5.41) is 9.54. The highest BCUT2D eigenvalue weighted by atomic mass is 35.5. The minimum Gasteiger partial charge on any atom is -0.490 e. The molecule has 0 saturated carbocycles. The van der Waals surface area contributed by atoms with E-state index >= 15 is 0 Å². The number of carbonyl (C=O) groups excluding carboxylic acids is 2. The molecule has 196 valence electrons. The lowest BCUT2D eigenvalue weighted by Gasteiger charge is -2.16. The van der Waals surface area contributed by atoms with Gasteiger partial charge >= 0.3 is 0 Å². The molecular formula is C29H34ClN3O4. The first-order valence-electron chi connectivity index (χ1n) is 12.3. The molecule has 3 aromatic carbocycles. The maximum Gasteiger partial charge on any atom is 0.262 e. The summed E-state index contributed by atoms with van der Waals surface area (Å²) in [5.74, 6) is 0.886. The van der Waals surface area contributed by atoms with Crippen LogP contribution in [-0.4, -0.2) is 25.0 Å². The molecule has 37 heavy (non-hydrogen) atoms. The molecular weight excluding hydrogens is 490 g/mol. The quantitative estimate of drug-likeness (QED) is 0.247. The molecule has 7 nitrogen and oxygen atoms in total. The average molecular weight is 524 g/mol. The summed E-state index contributed by atoms with van der Waals surface area (Å²) in [6.07, 6.45) is 0.468. The van der Waals surface area contributed by atoms with Crippen LogP contribution in [0.4, 0.5) is 17.1 Å². The van der Waals surface area contributed by atoms with Crippen LogP contribution in [0.25, 0.3) is 0 Å². The fraction of sp³-hybridized carbons (Fsp3) is 0.310. The van der Waals surface area contributed by atoms with Gasteiger partial charge in [-0.2, -0.15) is 0 Å². The van der Waals surface area contributed by atoms with Gasteiger partial charge in [-0.15, -0.1) is 0 Å². The highest BCUT2D eigenvalue weighted by Gasteiger charge is 2.14. The van der Waals surface area contributed by atoms with E-state index in [1.54, 1.807) is 12.1 Å². The highest BCUT2D eigenvalue weighted by molar-refractivity contribution is 6.31. The van der Waals surface area contributed by atoms with Crippen LogP contribution in [0.5, 0.6) is 11.5 Å². The third-order valence-electron chi connectivity index (χ3n) is 5.33. The number of hydrogen-bond donors (Lipinski definition) is 3. The number of amides is 2. The molecule has 0 saturated heterocycles. The lowest BCUT2D eigenvalue weighted by atomic mass is 10.1. The summed E-state index contributed by atoms with van der Waals surface area (Å²) in [6.45, 7) is 8.55. The molecule has 3 aromatic rings. The van der Waals surface area contributed by atoms with Crippen LogP contribution in [0.3, 0.4) is 0 Å². The molecule has 0 aliphatic heterocycles. The Balaban J connectivity index is 1.63. The standard InChI is InChI=1S/C29H34ClN3O4/c1-5-36-26-14-21(17-31-23-7-6-8-24(15-23)33-28(34)13-19(2)3)25(30)16-27(26)37-18-29(35)32-22-11-9-20(4)10-12-22/h6-12,14-16,19,31H,5,13,17-18H2,1-4H3,(H,32,35)(H,33,34). The summed E-state index contributed by atoms with van der Waals surface area (Å²) in [4.78, 5) is 24.4. The topological polar surface area (TPSA) is 88.7 Å². The van der Waals surface area contributed by atoms with Crippen LogP contribution in [-0.2, 0) is 16.1 Å². The van der Waals surface area contributed by atoms with Gasteiger partial charge in [0.25, 0.3) is 5.91 Å². The number of nitrogens with one attached hydrogen (secondary N) is 3. The van der Waals surface area contributed by atoms with E-state index < -0.39 is 0 Å². The van der Waals surface area contributed by atoms with Crippen molar-refractivity contribution in [2.24, 2.45) is 5.92 Å². The summed E-state index contributed by atoms with van der Waals surface area (Å²) in [7, 11) is 0. The number of benzene rings is 3. The number of anilines is 3. The van der Waals surface area contributed by atoms with Crippen LogP contribution in [0.2, 0.25) is 5.02 Å². The molecule has 0 bridgehead atoms. The normalized spacial score (nSPS) is 10.6. The van der Waals surface area contributed by atoms with Gasteiger partial charge in [0.05, 0.1) is 6.61 Å². The third-order valence-corrected chi connectivity index (χ3v) is 5.68. The summed E-state index contributed by atoms with van der Waals surface area (Å²) >= 11 is 6.54. The number of aryl methyl sites for hydroxylation is 1. The molecule has 0 aromatic heterocycles. The highest BCUT2D eigenvalue weighted by Crippen LogP contribution is 2.34. The van der Waals surface area contributed by atoms with Crippen molar-refractivity contribution >= 4 is 40.5 Å². The first-order chi connectivity index (χ1) is 17.7. The Morgan fingerprint density at radius 2 is 1.54 bits per heavy atom. The number of rotatable bonds is 12. The minimum atomic E-state index is -0.284. The van der Waals surface area contributed by atoms with Gasteiger partial charge in [-0.3, -0.25) is 9.59 Å². The predicted octanol–water partition coefficient (Wildman–Crippen LogP) is 6.66. The monoisotopic (exact) mass is 523 g/mol. The van der Waals surface area contributed by atoms with E-state index in [1.807, 2.05) is 76.2 Å². The molecule has 3 rings (SSSR count). The Labute approximate surface area is 223 Å². The maximum atomic E-state index is 12.4. The van der Waals surface area contributed by atoms with Crippen LogP contribution in [0.1, 0.15) is 38.3 Å². The van der Waals surface area contributed by atoms with Crippen molar-refractivity contribution in [2.45, 2.75) is 40.7 Å². The van der Waals surface area contributed by atoms with E-state index in [4.69, 9.17) is 21.1 Å². The molecule has 0 atom stereocenters. The second-order valence-electron chi connectivity index (χ2n) is 9.11. The SMILES string of the molecule is CCOc1cc(CNc2cccc(NC(=O)CC(C)C)c2)c(Cl)cc1OCC(=O)Nc1ccc(C)cc1. The van der Waals surface area contributed by atoms with E-state index in [9.17, 15) is 9.59 Å². The van der Waals surface area contributed by atoms with Crippen molar-refractivity contribution in [3.05, 3.63) is 76.8 Å². The number of halogens is 1. The smallest absolute Gasteiger partial charge is 0.262 e. The molecule has 0 heterocycles. The summed E-state index contributed by atoms with van der Waals surface area (Å²) in [5.41, 5.74) is 4.18. The van der Waals surface area contributed by atoms with Gasteiger partial charge in [0.1, 0.15) is 0 Å². The van der Waals surface area contributed by atoms with Gasteiger partial charge in [0.2, 0.25) is 5.91 Å². The van der Waals surface area contributed by atoms with E-state index in [0.29, 0.717) is 41.8 Å². The van der Waals surface area contributed by atoms with Crippen LogP contribution < -0.4 is 25.4 Å². The fourth-order valence-corrected chi connectivity index (χ4v) is 3.78. The van der Waals surface area contributed by atoms with Crippen molar-refractivity contribution in [2.75, 3.05) is 29.2 Å². The van der Waals surface area contributed by atoms with Crippen molar-refractivity contribution in [1.29, 1.82) is 0 Å². The summed E-state index contributed by atoms with van der Waals surface area (Å²) < 4.78 is 11.5. The van der Waals surface area contributed by atoms with Crippen molar-refractivity contribution in [3.63, 3.8) is 0 Å². The van der Waals surface area contributed by atoms with Gasteiger partial charge in [-0.1, -0.05) is 49.2 Å². The van der Waals surface area contributed by atoms with Gasteiger partial charge in [-0.25, -0.2) is 0 Å². The molecule has 0 radical (unpaired) electrons. The lowest BCUT2D eigenvalue weighted by Crippen LogP contribution is -2.20.